The van der Waals surface area contributed by atoms with Gasteiger partial charge in [0.1, 0.15) is 17.2 Å². The van der Waals surface area contributed by atoms with Crippen LogP contribution >= 0.6 is 11.8 Å². The van der Waals surface area contributed by atoms with Crippen molar-refractivity contribution in [3.63, 3.8) is 0 Å². The van der Waals surface area contributed by atoms with Gasteiger partial charge in [0.2, 0.25) is 0 Å². The highest BCUT2D eigenvalue weighted by Gasteiger charge is 2.20. The number of aryl methyl sites for hydroxylation is 2. The normalized spacial score (nSPS) is 11.3. The van der Waals surface area contributed by atoms with Crippen LogP contribution in [-0.2, 0) is 11.8 Å². The molecule has 1 N–H and O–H groups in total. The van der Waals surface area contributed by atoms with E-state index in [9.17, 15) is 4.79 Å². The second-order valence-electron chi connectivity index (χ2n) is 8.63. The number of hydrogen-bond donors (Lipinski definition) is 1. The van der Waals surface area contributed by atoms with Crippen molar-refractivity contribution in [2.24, 2.45) is 0 Å². The van der Waals surface area contributed by atoms with E-state index >= 15 is 0 Å². The Kier molecular flexibility index (Phi) is 7.24. The molecule has 1 aromatic heterocycles. The lowest BCUT2D eigenvalue weighted by Crippen LogP contribution is -2.13. The first-order chi connectivity index (χ1) is 15.2. The van der Waals surface area contributed by atoms with Crippen molar-refractivity contribution in [1.82, 2.24) is 0 Å². The van der Waals surface area contributed by atoms with E-state index in [1.165, 1.54) is 17.3 Å². The standard InChI is InChI=1S/C26H31NO4S/c1-8-17-13-20(29-6)24(21(14-17)30-7)27-25(28)19-11-12-23(31-19)32-22-15-18(26(3,4)5)10-9-16(22)2/h9-15H,8H2,1-7H3,(H,27,28). The van der Waals surface area contributed by atoms with E-state index in [0.29, 0.717) is 22.3 Å². The van der Waals surface area contributed by atoms with Gasteiger partial charge in [0.05, 0.1) is 14.2 Å². The van der Waals surface area contributed by atoms with Crippen LogP contribution in [-0.4, -0.2) is 20.1 Å². The molecule has 0 radical (unpaired) electrons. The molecule has 1 amide bonds. The average molecular weight is 454 g/mol. The van der Waals surface area contributed by atoms with Crippen LogP contribution in [0.1, 0.15) is 54.9 Å². The smallest absolute Gasteiger partial charge is 0.291 e. The Labute approximate surface area is 194 Å². The lowest BCUT2D eigenvalue weighted by Gasteiger charge is -2.20. The number of furan rings is 1. The van der Waals surface area contributed by atoms with Crippen molar-refractivity contribution in [3.8, 4) is 11.5 Å². The number of nitrogens with one attached hydrogen (secondary N) is 1. The molecule has 0 fully saturated rings. The maximum atomic E-state index is 12.9. The fourth-order valence-electron chi connectivity index (χ4n) is 3.25. The number of methoxy groups -OCH3 is 2. The highest BCUT2D eigenvalue weighted by atomic mass is 32.2. The summed E-state index contributed by atoms with van der Waals surface area (Å²) in [5.41, 5.74) is 4.02. The van der Waals surface area contributed by atoms with Crippen molar-refractivity contribution in [2.45, 2.75) is 56.4 Å². The molecule has 32 heavy (non-hydrogen) atoms. The third kappa shape index (κ3) is 5.30. The fraction of sp³-hybridized carbons (Fsp3) is 0.346. The van der Waals surface area contributed by atoms with Crippen molar-refractivity contribution in [3.05, 3.63) is 64.9 Å². The van der Waals surface area contributed by atoms with Crippen LogP contribution in [0.4, 0.5) is 5.69 Å². The summed E-state index contributed by atoms with van der Waals surface area (Å²) in [5.74, 6) is 0.953. The summed E-state index contributed by atoms with van der Waals surface area (Å²) in [6, 6.07) is 13.8. The van der Waals surface area contributed by atoms with Gasteiger partial charge in [-0.15, -0.1) is 0 Å². The van der Waals surface area contributed by atoms with E-state index in [-0.39, 0.29) is 17.1 Å². The Bertz CT molecular complexity index is 1090. The van der Waals surface area contributed by atoms with Crippen molar-refractivity contribution in [1.29, 1.82) is 0 Å². The Hall–Kier alpha value is -2.86. The summed E-state index contributed by atoms with van der Waals surface area (Å²) >= 11 is 1.51. The average Bonchev–Trinajstić information content (AvgIpc) is 3.23. The SMILES string of the molecule is CCc1cc(OC)c(NC(=O)c2ccc(Sc3cc(C(C)(C)C)ccc3C)o2)c(OC)c1. The van der Waals surface area contributed by atoms with E-state index in [1.807, 2.05) is 25.1 Å². The number of rotatable bonds is 7. The molecular formula is C26H31NO4S. The van der Waals surface area contributed by atoms with Gasteiger partial charge < -0.3 is 19.2 Å². The van der Waals surface area contributed by atoms with E-state index in [1.54, 1.807) is 20.3 Å². The van der Waals surface area contributed by atoms with Gasteiger partial charge in [0, 0.05) is 4.90 Å². The second kappa shape index (κ2) is 9.74. The predicted molar refractivity (Wildman–Crippen MR) is 130 cm³/mol. The molecule has 0 aliphatic rings. The molecule has 0 spiro atoms. The zero-order chi connectivity index (χ0) is 23.5. The Morgan fingerprint density at radius 3 is 2.25 bits per heavy atom. The summed E-state index contributed by atoms with van der Waals surface area (Å²) in [5, 5.41) is 3.53. The first-order valence-electron chi connectivity index (χ1n) is 10.6. The molecule has 0 atom stereocenters. The number of amides is 1. The quantitative estimate of drug-likeness (QED) is 0.423. The van der Waals surface area contributed by atoms with Crippen molar-refractivity contribution < 1.29 is 18.7 Å². The Morgan fingerprint density at radius 1 is 1.03 bits per heavy atom. The number of carbonyl (C=O) groups excluding carboxylic acids is 1. The molecule has 170 valence electrons. The molecule has 0 bridgehead atoms. The molecule has 0 saturated heterocycles. The summed E-state index contributed by atoms with van der Waals surface area (Å²) in [6.07, 6.45) is 0.829. The lowest BCUT2D eigenvalue weighted by atomic mass is 9.87. The van der Waals surface area contributed by atoms with Gasteiger partial charge in [-0.3, -0.25) is 4.79 Å². The summed E-state index contributed by atoms with van der Waals surface area (Å²) < 4.78 is 16.8. The lowest BCUT2D eigenvalue weighted by molar-refractivity contribution is 0.0991. The monoisotopic (exact) mass is 453 g/mol. The summed E-state index contributed by atoms with van der Waals surface area (Å²) in [7, 11) is 3.14. The molecule has 0 saturated carbocycles. The molecule has 5 nitrogen and oxygen atoms in total. The van der Waals surface area contributed by atoms with Gasteiger partial charge in [-0.1, -0.05) is 51.6 Å². The first kappa shape index (κ1) is 23.8. The van der Waals surface area contributed by atoms with Crippen LogP contribution in [0, 0.1) is 6.92 Å². The zero-order valence-electron chi connectivity index (χ0n) is 19.8. The minimum atomic E-state index is -0.363. The minimum Gasteiger partial charge on any atom is -0.494 e. The predicted octanol–water partition coefficient (Wildman–Crippen LogP) is 6.87. The molecule has 0 unspecified atom stereocenters. The second-order valence-corrected chi connectivity index (χ2v) is 9.68. The highest BCUT2D eigenvalue weighted by Crippen LogP contribution is 2.38. The highest BCUT2D eigenvalue weighted by molar-refractivity contribution is 7.99. The van der Waals surface area contributed by atoms with Crippen LogP contribution in [0.2, 0.25) is 0 Å². The molecule has 3 rings (SSSR count). The maximum absolute atomic E-state index is 12.9. The third-order valence-electron chi connectivity index (χ3n) is 5.28. The maximum Gasteiger partial charge on any atom is 0.291 e. The number of carbonyl (C=O) groups is 1. The minimum absolute atomic E-state index is 0.0582. The van der Waals surface area contributed by atoms with Gasteiger partial charge in [-0.05, 0) is 65.8 Å². The number of hydrogen-bond acceptors (Lipinski definition) is 5. The molecule has 6 heteroatoms. The van der Waals surface area contributed by atoms with Gasteiger partial charge in [-0.2, -0.15) is 0 Å². The topological polar surface area (TPSA) is 60.7 Å². The molecule has 2 aromatic carbocycles. The Balaban J connectivity index is 1.82. The third-order valence-corrected chi connectivity index (χ3v) is 6.36. The molecule has 0 aliphatic heterocycles. The summed E-state index contributed by atoms with van der Waals surface area (Å²) in [6.45, 7) is 10.7. The van der Waals surface area contributed by atoms with Crippen LogP contribution in [0.3, 0.4) is 0 Å². The van der Waals surface area contributed by atoms with E-state index < -0.39 is 0 Å². The van der Waals surface area contributed by atoms with Gasteiger partial charge in [0.25, 0.3) is 5.91 Å². The van der Waals surface area contributed by atoms with Gasteiger partial charge in [0.15, 0.2) is 10.9 Å². The molecule has 0 aliphatic carbocycles. The molecular weight excluding hydrogens is 422 g/mol. The van der Waals surface area contributed by atoms with Crippen molar-refractivity contribution >= 4 is 23.4 Å². The molecule has 1 heterocycles. The van der Waals surface area contributed by atoms with Gasteiger partial charge >= 0.3 is 0 Å². The largest absolute Gasteiger partial charge is 0.494 e. The van der Waals surface area contributed by atoms with Crippen LogP contribution in [0.15, 0.2) is 56.9 Å². The number of anilines is 1. The first-order valence-corrected chi connectivity index (χ1v) is 11.4. The van der Waals surface area contributed by atoms with Gasteiger partial charge in [-0.25, -0.2) is 0 Å². The van der Waals surface area contributed by atoms with Crippen LogP contribution < -0.4 is 14.8 Å². The number of benzene rings is 2. The summed E-state index contributed by atoms with van der Waals surface area (Å²) in [4.78, 5) is 14.0. The number of ether oxygens (including phenoxy) is 2. The Morgan fingerprint density at radius 2 is 1.69 bits per heavy atom. The van der Waals surface area contributed by atoms with Crippen LogP contribution in [0.5, 0.6) is 11.5 Å². The van der Waals surface area contributed by atoms with E-state index in [0.717, 1.165) is 22.4 Å². The van der Waals surface area contributed by atoms with Crippen LogP contribution in [0.25, 0.3) is 0 Å². The fourth-order valence-corrected chi connectivity index (χ4v) is 4.15. The van der Waals surface area contributed by atoms with E-state index in [4.69, 9.17) is 13.9 Å². The molecule has 3 aromatic rings. The van der Waals surface area contributed by atoms with E-state index in [2.05, 4.69) is 51.2 Å². The zero-order valence-corrected chi connectivity index (χ0v) is 20.6. The van der Waals surface area contributed by atoms with Crippen molar-refractivity contribution in [2.75, 3.05) is 19.5 Å².